The second-order valence-electron chi connectivity index (χ2n) is 7.07. The van der Waals surface area contributed by atoms with Crippen molar-refractivity contribution in [2.75, 3.05) is 13.1 Å². The fraction of sp³-hybridized carbons (Fsp3) is 0.292. The number of ether oxygens (including phenoxy) is 2. The predicted octanol–water partition coefficient (Wildman–Crippen LogP) is 4.74. The van der Waals surface area contributed by atoms with Crippen LogP contribution in [0.4, 0.5) is 10.5 Å². The molecule has 2 rings (SSSR count). The number of nitro groups is 1. The van der Waals surface area contributed by atoms with Crippen molar-refractivity contribution in [3.63, 3.8) is 0 Å². The number of phenolic OH excluding ortho intramolecular Hbond substituents is 1. The van der Waals surface area contributed by atoms with Gasteiger partial charge in [-0.25, -0.2) is 4.79 Å². The molecular formula is C24H25N3O7. The monoisotopic (exact) mass is 467 g/mol. The minimum atomic E-state index is -1.18. The minimum absolute atomic E-state index is 0.0134. The second-order valence-corrected chi connectivity index (χ2v) is 7.07. The first-order valence-electron chi connectivity index (χ1n) is 10.6. The zero-order valence-corrected chi connectivity index (χ0v) is 19.1. The van der Waals surface area contributed by atoms with Gasteiger partial charge < -0.3 is 19.5 Å². The zero-order chi connectivity index (χ0) is 25.3. The molecule has 0 radical (unpaired) electrons. The first-order valence-corrected chi connectivity index (χ1v) is 10.6. The van der Waals surface area contributed by atoms with Gasteiger partial charge >= 0.3 is 11.8 Å². The molecule has 0 bridgehead atoms. The van der Waals surface area contributed by atoms with Crippen molar-refractivity contribution in [3.8, 4) is 17.6 Å². The third-order valence-electron chi connectivity index (χ3n) is 4.96. The summed E-state index contributed by atoms with van der Waals surface area (Å²) in [5.74, 6) is -1.99. The lowest BCUT2D eigenvalue weighted by Gasteiger charge is -2.18. The number of hydrogen-bond donors (Lipinski definition) is 1. The summed E-state index contributed by atoms with van der Waals surface area (Å²) in [6, 6.07) is 12.8. The van der Waals surface area contributed by atoms with Crippen LogP contribution in [0.5, 0.6) is 11.5 Å². The zero-order valence-electron chi connectivity index (χ0n) is 19.1. The minimum Gasteiger partial charge on any atom is -0.499 e. The highest BCUT2D eigenvalue weighted by Crippen LogP contribution is 2.38. The molecule has 0 aliphatic rings. The van der Waals surface area contributed by atoms with Crippen molar-refractivity contribution in [1.82, 2.24) is 4.90 Å². The van der Waals surface area contributed by atoms with E-state index in [1.807, 2.05) is 6.07 Å². The Kier molecular flexibility index (Phi) is 9.14. The molecule has 0 saturated heterocycles. The van der Waals surface area contributed by atoms with Crippen molar-refractivity contribution in [1.29, 1.82) is 5.26 Å². The summed E-state index contributed by atoms with van der Waals surface area (Å²) in [4.78, 5) is 36.9. The van der Waals surface area contributed by atoms with Crippen LogP contribution >= 0.6 is 0 Å². The highest BCUT2D eigenvalue weighted by atomic mass is 16.7. The van der Waals surface area contributed by atoms with Crippen molar-refractivity contribution < 1.29 is 29.1 Å². The number of nitro benzene ring substituents is 1. The van der Waals surface area contributed by atoms with Gasteiger partial charge in [-0.15, -0.1) is 0 Å². The Labute approximate surface area is 196 Å². The van der Waals surface area contributed by atoms with Crippen LogP contribution in [-0.2, 0) is 9.53 Å². The van der Waals surface area contributed by atoms with Gasteiger partial charge in [0.25, 0.3) is 5.91 Å². The number of nitrogens with zero attached hydrogens (tertiary/aromatic N) is 3. The van der Waals surface area contributed by atoms with E-state index in [0.717, 1.165) is 23.8 Å². The number of likely N-dealkylation sites (N-methyl/N-ethyl adjacent to an activating group) is 1. The molecule has 178 valence electrons. The van der Waals surface area contributed by atoms with Crippen molar-refractivity contribution in [2.24, 2.45) is 0 Å². The van der Waals surface area contributed by atoms with Crippen LogP contribution in [0.1, 0.15) is 44.4 Å². The lowest BCUT2D eigenvalue weighted by Crippen LogP contribution is -2.31. The van der Waals surface area contributed by atoms with Gasteiger partial charge in [-0.05, 0) is 43.5 Å². The summed E-state index contributed by atoms with van der Waals surface area (Å²) in [5, 5.41) is 31.1. The molecule has 1 atom stereocenters. The molecule has 0 heterocycles. The normalized spacial score (nSPS) is 11.8. The molecule has 0 saturated carbocycles. The van der Waals surface area contributed by atoms with Gasteiger partial charge in [0.2, 0.25) is 5.75 Å². The van der Waals surface area contributed by atoms with Gasteiger partial charge in [-0.3, -0.25) is 14.9 Å². The molecule has 10 nitrogen and oxygen atoms in total. The highest BCUT2D eigenvalue weighted by molar-refractivity contribution is 6.01. The van der Waals surface area contributed by atoms with E-state index in [1.54, 1.807) is 51.1 Å². The van der Waals surface area contributed by atoms with Gasteiger partial charge in [0.05, 0.1) is 4.92 Å². The van der Waals surface area contributed by atoms with E-state index in [4.69, 9.17) is 9.47 Å². The average molecular weight is 467 g/mol. The molecule has 2 aromatic rings. The van der Waals surface area contributed by atoms with E-state index in [2.05, 4.69) is 0 Å². The number of carbonyl (C=O) groups excluding carboxylic acids is 2. The fourth-order valence-corrected chi connectivity index (χ4v) is 3.19. The van der Waals surface area contributed by atoms with E-state index in [1.165, 1.54) is 4.90 Å². The number of amides is 1. The molecule has 0 spiro atoms. The summed E-state index contributed by atoms with van der Waals surface area (Å²) in [6.45, 7) is 6.03. The first kappa shape index (κ1) is 25.9. The summed E-state index contributed by atoms with van der Waals surface area (Å²) >= 11 is 0. The number of hydrogen-bond acceptors (Lipinski definition) is 8. The third kappa shape index (κ3) is 6.32. The van der Waals surface area contributed by atoms with Crippen molar-refractivity contribution in [3.05, 3.63) is 69.3 Å². The number of phenols is 1. The van der Waals surface area contributed by atoms with Crippen molar-refractivity contribution >= 4 is 23.8 Å². The smallest absolute Gasteiger partial charge is 0.499 e. The molecule has 10 heteroatoms. The number of benzene rings is 2. The average Bonchev–Trinajstić information content (AvgIpc) is 2.83. The topological polar surface area (TPSA) is 143 Å². The third-order valence-corrected chi connectivity index (χ3v) is 4.96. The van der Waals surface area contributed by atoms with Crippen molar-refractivity contribution in [2.45, 2.75) is 33.3 Å². The Morgan fingerprint density at radius 1 is 1.21 bits per heavy atom. The van der Waals surface area contributed by atoms with Crippen LogP contribution < -0.4 is 4.74 Å². The lowest BCUT2D eigenvalue weighted by molar-refractivity contribution is -0.385. The van der Waals surface area contributed by atoms with E-state index < -0.39 is 40.3 Å². The largest absolute Gasteiger partial charge is 0.514 e. The molecule has 0 aliphatic heterocycles. The highest BCUT2D eigenvalue weighted by Gasteiger charge is 2.25. The van der Waals surface area contributed by atoms with E-state index in [9.17, 15) is 30.1 Å². The Morgan fingerprint density at radius 3 is 2.38 bits per heavy atom. The van der Waals surface area contributed by atoms with Crippen LogP contribution in [0.15, 0.2) is 48.0 Å². The second kappa shape index (κ2) is 12.0. The molecule has 1 unspecified atom stereocenters. The standard InChI is InChI=1S/C24H25N3O7/c1-4-20(17-10-8-7-9-11-17)33-24(30)34-21-14-16(13-19(22(21)28)27(31)32)12-18(15-25)23(29)26(5-2)6-3/h7-14,20,28H,4-6H2,1-3H3/b18-12+. The number of aromatic hydroxyl groups is 1. The molecule has 0 aliphatic carbocycles. The van der Waals surface area contributed by atoms with Gasteiger partial charge in [0.15, 0.2) is 5.75 Å². The predicted molar refractivity (Wildman–Crippen MR) is 123 cm³/mol. The summed E-state index contributed by atoms with van der Waals surface area (Å²) < 4.78 is 10.4. The lowest BCUT2D eigenvalue weighted by atomic mass is 10.1. The van der Waals surface area contributed by atoms with E-state index in [-0.39, 0.29) is 11.1 Å². The maximum Gasteiger partial charge on any atom is 0.514 e. The summed E-state index contributed by atoms with van der Waals surface area (Å²) in [5.41, 5.74) is -0.298. The number of carbonyl (C=O) groups is 2. The fourth-order valence-electron chi connectivity index (χ4n) is 3.19. The Hall–Kier alpha value is -4.39. The van der Waals surface area contributed by atoms with Gasteiger partial charge in [-0.2, -0.15) is 5.26 Å². The molecule has 2 aromatic carbocycles. The van der Waals surface area contributed by atoms with Crippen LogP contribution in [0.3, 0.4) is 0 Å². The Morgan fingerprint density at radius 2 is 1.85 bits per heavy atom. The van der Waals surface area contributed by atoms with E-state index >= 15 is 0 Å². The molecule has 1 amide bonds. The summed E-state index contributed by atoms with van der Waals surface area (Å²) in [7, 11) is 0. The molecule has 0 aromatic heterocycles. The van der Waals surface area contributed by atoms with Gasteiger partial charge in [-0.1, -0.05) is 37.3 Å². The quantitative estimate of drug-likeness (QED) is 0.139. The SMILES string of the molecule is CCC(OC(=O)Oc1cc(/C=C(\C#N)C(=O)N(CC)CC)cc([N+](=O)[O-])c1O)c1ccccc1. The molecular weight excluding hydrogens is 442 g/mol. The van der Waals surface area contributed by atoms with Gasteiger partial charge in [0.1, 0.15) is 17.7 Å². The van der Waals surface area contributed by atoms with Crippen LogP contribution in [0, 0.1) is 21.4 Å². The van der Waals surface area contributed by atoms with Crippen LogP contribution in [-0.4, -0.2) is 40.1 Å². The maximum absolute atomic E-state index is 12.5. The van der Waals surface area contributed by atoms with Crippen LogP contribution in [0.25, 0.3) is 6.08 Å². The van der Waals surface area contributed by atoms with E-state index in [0.29, 0.717) is 19.5 Å². The van der Waals surface area contributed by atoms with Crippen LogP contribution in [0.2, 0.25) is 0 Å². The first-order chi connectivity index (χ1) is 16.2. The molecule has 34 heavy (non-hydrogen) atoms. The maximum atomic E-state index is 12.5. The number of rotatable bonds is 9. The Balaban J connectivity index is 2.39. The molecule has 0 fully saturated rings. The molecule has 1 N–H and O–H groups in total. The summed E-state index contributed by atoms with van der Waals surface area (Å²) in [6.07, 6.45) is -0.246. The van der Waals surface area contributed by atoms with Gasteiger partial charge in [0, 0.05) is 19.2 Å². The number of nitriles is 1. The Bertz CT molecular complexity index is 1120.